The molecule has 3 aromatic rings. The lowest BCUT2D eigenvalue weighted by Crippen LogP contribution is -2.23. The van der Waals surface area contributed by atoms with Crippen LogP contribution in [0.1, 0.15) is 43.7 Å². The summed E-state index contributed by atoms with van der Waals surface area (Å²) in [5, 5.41) is 3.71. The highest BCUT2D eigenvalue weighted by molar-refractivity contribution is 5.89. The van der Waals surface area contributed by atoms with Crippen molar-refractivity contribution in [3.8, 4) is 5.75 Å². The molecule has 32 heavy (non-hydrogen) atoms. The molecule has 0 atom stereocenters. The summed E-state index contributed by atoms with van der Waals surface area (Å²) < 4.78 is 7.34. The quantitative estimate of drug-likeness (QED) is 0.497. The zero-order valence-corrected chi connectivity index (χ0v) is 18.9. The topological polar surface area (TPSA) is 98.3 Å². The molecule has 4 rings (SSSR count). The Morgan fingerprint density at radius 2 is 1.97 bits per heavy atom. The number of benzene rings is 1. The molecule has 1 aliphatic rings. The van der Waals surface area contributed by atoms with E-state index in [1.54, 1.807) is 17.9 Å². The molecule has 170 valence electrons. The summed E-state index contributed by atoms with van der Waals surface area (Å²) in [7, 11) is 1.67. The molecule has 1 aliphatic heterocycles. The zero-order valence-electron chi connectivity index (χ0n) is 18.9. The molecule has 2 aromatic heterocycles. The number of pyridine rings is 1. The molecule has 1 fully saturated rings. The number of rotatable bonds is 9. The van der Waals surface area contributed by atoms with Crippen LogP contribution >= 0.6 is 0 Å². The molecule has 1 saturated heterocycles. The lowest BCUT2D eigenvalue weighted by molar-refractivity contribution is 0.330. The fourth-order valence-corrected chi connectivity index (χ4v) is 4.24. The second kappa shape index (κ2) is 9.99. The molecule has 0 saturated carbocycles. The smallest absolute Gasteiger partial charge is 0.264 e. The van der Waals surface area contributed by atoms with Crippen molar-refractivity contribution < 1.29 is 4.74 Å². The van der Waals surface area contributed by atoms with E-state index in [-0.39, 0.29) is 11.5 Å². The number of aromatic nitrogens is 3. The van der Waals surface area contributed by atoms with E-state index in [1.807, 2.05) is 6.07 Å². The first-order valence-corrected chi connectivity index (χ1v) is 11.4. The Bertz CT molecular complexity index is 1140. The van der Waals surface area contributed by atoms with Gasteiger partial charge in [0.25, 0.3) is 5.56 Å². The van der Waals surface area contributed by atoms with E-state index in [0.717, 1.165) is 50.3 Å². The largest absolute Gasteiger partial charge is 0.496 e. The second-order valence-corrected chi connectivity index (χ2v) is 8.35. The fourth-order valence-electron chi connectivity index (χ4n) is 4.24. The molecular weight excluding hydrogens is 404 g/mol. The molecule has 0 unspecified atom stereocenters. The van der Waals surface area contributed by atoms with Gasteiger partial charge in [-0.15, -0.1) is 0 Å². The standard InChI is InChI=1S/C24H32N6O2/c1-3-4-10-26-22-21-19(27-24(25)28-22)9-13-30(23(21)31)16-18-8-7-17(14-20(18)32-2)15-29-11-5-6-12-29/h7-9,13-14H,3-6,10-12,15-16H2,1-2H3,(H3,25,26,27,28). The third-order valence-electron chi connectivity index (χ3n) is 5.96. The minimum atomic E-state index is -0.148. The second-order valence-electron chi connectivity index (χ2n) is 8.35. The van der Waals surface area contributed by atoms with Crippen LogP contribution in [0, 0.1) is 0 Å². The molecular formula is C24H32N6O2. The number of unbranched alkanes of at least 4 members (excludes halogenated alkanes) is 1. The number of nitrogens with two attached hydrogens (primary N) is 1. The average molecular weight is 437 g/mol. The van der Waals surface area contributed by atoms with Crippen molar-refractivity contribution in [3.05, 3.63) is 51.9 Å². The van der Waals surface area contributed by atoms with Crippen molar-refractivity contribution in [2.24, 2.45) is 0 Å². The molecule has 8 heteroatoms. The Morgan fingerprint density at radius 3 is 2.72 bits per heavy atom. The third-order valence-corrected chi connectivity index (χ3v) is 5.96. The fraction of sp³-hybridized carbons (Fsp3) is 0.458. The predicted molar refractivity (Wildman–Crippen MR) is 128 cm³/mol. The van der Waals surface area contributed by atoms with Gasteiger partial charge in [0.1, 0.15) is 17.0 Å². The van der Waals surface area contributed by atoms with E-state index in [4.69, 9.17) is 10.5 Å². The number of fused-ring (bicyclic) bond motifs is 1. The van der Waals surface area contributed by atoms with Gasteiger partial charge in [-0.3, -0.25) is 9.69 Å². The van der Waals surface area contributed by atoms with Gasteiger partial charge in [0.05, 0.1) is 19.2 Å². The van der Waals surface area contributed by atoms with Gasteiger partial charge in [-0.2, -0.15) is 4.98 Å². The summed E-state index contributed by atoms with van der Waals surface area (Å²) in [5.74, 6) is 1.45. The van der Waals surface area contributed by atoms with Gasteiger partial charge in [0.2, 0.25) is 5.95 Å². The van der Waals surface area contributed by atoms with E-state index in [2.05, 4.69) is 45.3 Å². The van der Waals surface area contributed by atoms with Crippen molar-refractivity contribution in [3.63, 3.8) is 0 Å². The molecule has 3 N–H and O–H groups in total. The normalized spacial score (nSPS) is 14.2. The van der Waals surface area contributed by atoms with Crippen LogP contribution in [0.4, 0.5) is 11.8 Å². The molecule has 8 nitrogen and oxygen atoms in total. The van der Waals surface area contributed by atoms with Gasteiger partial charge in [0.15, 0.2) is 0 Å². The number of ether oxygens (including phenoxy) is 1. The van der Waals surface area contributed by atoms with Crippen LogP contribution in [0.2, 0.25) is 0 Å². The van der Waals surface area contributed by atoms with Gasteiger partial charge < -0.3 is 20.4 Å². The average Bonchev–Trinajstić information content (AvgIpc) is 3.29. The first kappa shape index (κ1) is 22.1. The SMILES string of the molecule is CCCCNc1nc(N)nc2ccn(Cc3ccc(CN4CCCC4)cc3OC)c(=O)c12. The Hall–Kier alpha value is -3.13. The summed E-state index contributed by atoms with van der Waals surface area (Å²) in [5.41, 5.74) is 8.44. The van der Waals surface area contributed by atoms with Gasteiger partial charge in [-0.1, -0.05) is 25.5 Å². The maximum absolute atomic E-state index is 13.3. The summed E-state index contributed by atoms with van der Waals surface area (Å²) in [4.78, 5) is 24.3. The Kier molecular flexibility index (Phi) is 6.90. The van der Waals surface area contributed by atoms with Crippen molar-refractivity contribution >= 4 is 22.7 Å². The van der Waals surface area contributed by atoms with Crippen molar-refractivity contribution in [2.75, 3.05) is 37.8 Å². The van der Waals surface area contributed by atoms with Crippen molar-refractivity contribution in [2.45, 2.75) is 45.7 Å². The highest BCUT2D eigenvalue weighted by atomic mass is 16.5. The first-order valence-electron chi connectivity index (χ1n) is 11.4. The van der Waals surface area contributed by atoms with Crippen molar-refractivity contribution in [1.82, 2.24) is 19.4 Å². The summed E-state index contributed by atoms with van der Waals surface area (Å²) in [6.45, 7) is 6.47. The van der Waals surface area contributed by atoms with E-state index < -0.39 is 0 Å². The lowest BCUT2D eigenvalue weighted by Gasteiger charge is -2.17. The Morgan fingerprint density at radius 1 is 1.16 bits per heavy atom. The number of likely N-dealkylation sites (tertiary alicyclic amines) is 1. The number of nitrogen functional groups attached to an aromatic ring is 1. The predicted octanol–water partition coefficient (Wildman–Crippen LogP) is 3.24. The lowest BCUT2D eigenvalue weighted by atomic mass is 10.1. The molecule has 3 heterocycles. The van der Waals surface area contributed by atoms with Gasteiger partial charge >= 0.3 is 0 Å². The molecule has 0 aliphatic carbocycles. The van der Waals surface area contributed by atoms with Crippen LogP contribution in [-0.4, -0.2) is 46.2 Å². The minimum absolute atomic E-state index is 0.148. The summed E-state index contributed by atoms with van der Waals surface area (Å²) in [6, 6.07) is 8.08. The number of methoxy groups -OCH3 is 1. The Balaban J connectivity index is 1.63. The van der Waals surface area contributed by atoms with E-state index in [9.17, 15) is 4.79 Å². The van der Waals surface area contributed by atoms with Crippen molar-refractivity contribution in [1.29, 1.82) is 0 Å². The van der Waals surface area contributed by atoms with Crippen LogP contribution < -0.4 is 21.3 Å². The van der Waals surface area contributed by atoms with E-state index in [0.29, 0.717) is 23.3 Å². The highest BCUT2D eigenvalue weighted by Crippen LogP contribution is 2.24. The minimum Gasteiger partial charge on any atom is -0.496 e. The zero-order chi connectivity index (χ0) is 22.5. The first-order chi connectivity index (χ1) is 15.6. The van der Waals surface area contributed by atoms with Crippen LogP contribution in [0.5, 0.6) is 5.75 Å². The molecule has 0 amide bonds. The maximum atomic E-state index is 13.3. The molecule has 0 bridgehead atoms. The van der Waals surface area contributed by atoms with Crippen LogP contribution in [0.15, 0.2) is 35.3 Å². The monoisotopic (exact) mass is 436 g/mol. The molecule has 0 spiro atoms. The molecule has 0 radical (unpaired) electrons. The van der Waals surface area contributed by atoms with Gasteiger partial charge in [0, 0.05) is 24.8 Å². The number of nitrogens with one attached hydrogen (secondary N) is 1. The van der Waals surface area contributed by atoms with Gasteiger partial charge in [-0.25, -0.2) is 4.98 Å². The number of nitrogens with zero attached hydrogens (tertiary/aromatic N) is 4. The number of hydrogen-bond acceptors (Lipinski definition) is 7. The van der Waals surface area contributed by atoms with Crippen LogP contribution in [0.25, 0.3) is 10.9 Å². The number of hydrogen-bond donors (Lipinski definition) is 2. The van der Waals surface area contributed by atoms with E-state index in [1.165, 1.54) is 18.4 Å². The Labute approximate surface area is 188 Å². The van der Waals surface area contributed by atoms with Crippen LogP contribution in [-0.2, 0) is 13.1 Å². The third kappa shape index (κ3) is 4.85. The van der Waals surface area contributed by atoms with Crippen LogP contribution in [0.3, 0.4) is 0 Å². The van der Waals surface area contributed by atoms with E-state index >= 15 is 0 Å². The summed E-state index contributed by atoms with van der Waals surface area (Å²) in [6.07, 6.45) is 6.32. The molecule has 1 aromatic carbocycles. The maximum Gasteiger partial charge on any atom is 0.264 e. The highest BCUT2D eigenvalue weighted by Gasteiger charge is 2.15. The van der Waals surface area contributed by atoms with Gasteiger partial charge in [-0.05, 0) is 50.0 Å². The summed E-state index contributed by atoms with van der Waals surface area (Å²) >= 11 is 0. The number of anilines is 2.